The molecule has 12 nitrogen and oxygen atoms in total. The lowest BCUT2D eigenvalue weighted by molar-refractivity contribution is -0.118. The second-order valence-electron chi connectivity index (χ2n) is 18.9. The van der Waals surface area contributed by atoms with E-state index in [4.69, 9.17) is 13.9 Å². The van der Waals surface area contributed by atoms with Crippen LogP contribution in [0, 0.1) is 11.8 Å². The van der Waals surface area contributed by atoms with Crippen molar-refractivity contribution in [1.29, 1.82) is 0 Å². The largest absolute Gasteiger partial charge is 0.506 e. The molecule has 4 aromatic carbocycles. The second kappa shape index (κ2) is 18.3. The highest BCUT2D eigenvalue weighted by Gasteiger charge is 2.43. The van der Waals surface area contributed by atoms with Crippen molar-refractivity contribution in [3.8, 4) is 22.6 Å². The molecule has 3 amide bonds. The lowest BCUT2D eigenvalue weighted by Crippen LogP contribution is -2.44. The first-order valence-corrected chi connectivity index (χ1v) is 25.1. The van der Waals surface area contributed by atoms with Gasteiger partial charge in [0.25, 0.3) is 11.8 Å². The van der Waals surface area contributed by atoms with Crippen LogP contribution in [0.3, 0.4) is 0 Å². The number of benzene rings is 4. The Bertz CT molecular complexity index is 2270. The van der Waals surface area contributed by atoms with Gasteiger partial charge < -0.3 is 39.4 Å². The Morgan fingerprint density at radius 3 is 2.45 bits per heavy atom. The van der Waals surface area contributed by atoms with Crippen molar-refractivity contribution in [2.24, 2.45) is 11.8 Å². The van der Waals surface area contributed by atoms with Gasteiger partial charge in [-0.2, -0.15) is 0 Å². The standard InChI is InChI=1S/C49H61N5O7Si/c1-49(2,3)62(4,5)61-43(40-17-18-42(55)45-46(40)59-31-44(56)52-45)28-50-21-19-32-15-16-39-34(25-32)20-22-54(47(39)57)24-23-53-29-35-26-37(27-36(35)30-53)60-48(58)51-41-14-10-9-13-38(41)33-11-7-6-8-12-33/h6-18,25,35-37,43,50,55H,19-24,26-31H2,1-5H3,(H,51,58)(H,52,56)/t35-,36+,37?,43-/m0/s1. The Hall–Kier alpha value is -5.21. The molecule has 4 aromatic rings. The van der Waals surface area contributed by atoms with Gasteiger partial charge in [0.05, 0.1) is 11.8 Å². The van der Waals surface area contributed by atoms with Crippen molar-refractivity contribution in [3.63, 3.8) is 0 Å². The predicted octanol–water partition coefficient (Wildman–Crippen LogP) is 8.24. The van der Waals surface area contributed by atoms with Crippen LogP contribution in [0.25, 0.3) is 11.1 Å². The number of hydrogen-bond acceptors (Lipinski definition) is 9. The molecule has 62 heavy (non-hydrogen) atoms. The molecule has 328 valence electrons. The first-order valence-electron chi connectivity index (χ1n) is 22.1. The number of anilines is 2. The maximum Gasteiger partial charge on any atom is 0.411 e. The van der Waals surface area contributed by atoms with Gasteiger partial charge in [-0.05, 0) is 103 Å². The average Bonchev–Trinajstić information content (AvgIpc) is 3.80. The van der Waals surface area contributed by atoms with Crippen LogP contribution >= 0.6 is 0 Å². The minimum absolute atomic E-state index is 0.0270. The summed E-state index contributed by atoms with van der Waals surface area (Å²) < 4.78 is 18.7. The molecule has 4 N–H and O–H groups in total. The van der Waals surface area contributed by atoms with Crippen LogP contribution in [0.5, 0.6) is 11.5 Å². The number of carbonyl (C=O) groups is 3. The predicted molar refractivity (Wildman–Crippen MR) is 244 cm³/mol. The summed E-state index contributed by atoms with van der Waals surface area (Å²) in [5.41, 5.74) is 6.90. The molecule has 13 heteroatoms. The van der Waals surface area contributed by atoms with Crippen molar-refractivity contribution >= 4 is 37.6 Å². The number of aromatic hydroxyl groups is 1. The number of phenolic OH excluding ortho intramolecular Hbond substituents is 1. The van der Waals surface area contributed by atoms with Crippen LogP contribution in [-0.4, -0.2) is 99.7 Å². The van der Waals surface area contributed by atoms with Crippen LogP contribution in [-0.2, 0) is 26.8 Å². The summed E-state index contributed by atoms with van der Waals surface area (Å²) in [4.78, 5) is 43.2. The van der Waals surface area contributed by atoms with Gasteiger partial charge in [0.2, 0.25) is 0 Å². The highest BCUT2D eigenvalue weighted by Crippen LogP contribution is 2.46. The van der Waals surface area contributed by atoms with E-state index < -0.39 is 14.4 Å². The van der Waals surface area contributed by atoms with Crippen molar-refractivity contribution < 1.29 is 33.4 Å². The number of rotatable bonds is 14. The van der Waals surface area contributed by atoms with E-state index in [1.165, 1.54) is 5.56 Å². The fourth-order valence-corrected chi connectivity index (χ4v) is 10.5. The number of phenols is 1. The molecule has 1 saturated carbocycles. The molecular formula is C49H61N5O7Si. The number of fused-ring (bicyclic) bond motifs is 3. The van der Waals surface area contributed by atoms with Crippen molar-refractivity contribution in [1.82, 2.24) is 15.1 Å². The minimum atomic E-state index is -2.22. The Balaban J connectivity index is 0.794. The smallest absolute Gasteiger partial charge is 0.411 e. The SMILES string of the molecule is CC(C)(C)[Si](C)(C)O[C@@H](CNCCc1ccc2c(c1)CCN(CCN1C[C@H]3CC(OC(=O)Nc4ccccc4-c4ccccc4)C[C@H]3C1)C2=O)c1ccc(O)c2c1OCC(=O)N2. The van der Waals surface area contributed by atoms with Crippen LogP contribution in [0.4, 0.5) is 16.2 Å². The molecule has 4 atom stereocenters. The molecule has 0 radical (unpaired) electrons. The molecular weight excluding hydrogens is 799 g/mol. The quantitative estimate of drug-likeness (QED) is 0.0561. The van der Waals surface area contributed by atoms with E-state index >= 15 is 0 Å². The van der Waals surface area contributed by atoms with E-state index in [-0.39, 0.29) is 47.1 Å². The van der Waals surface area contributed by atoms with Crippen LogP contribution in [0.15, 0.2) is 84.9 Å². The van der Waals surface area contributed by atoms with Gasteiger partial charge in [-0.3, -0.25) is 14.9 Å². The maximum atomic E-state index is 13.7. The van der Waals surface area contributed by atoms with Crippen LogP contribution in [0.2, 0.25) is 18.1 Å². The highest BCUT2D eigenvalue weighted by atomic mass is 28.4. The second-order valence-corrected chi connectivity index (χ2v) is 23.6. The van der Waals surface area contributed by atoms with Gasteiger partial charge in [-0.25, -0.2) is 4.79 Å². The Labute approximate surface area is 366 Å². The highest BCUT2D eigenvalue weighted by molar-refractivity contribution is 6.74. The number of nitrogens with one attached hydrogen (secondary N) is 3. The van der Waals surface area contributed by atoms with Crippen LogP contribution < -0.4 is 20.7 Å². The minimum Gasteiger partial charge on any atom is -0.506 e. The summed E-state index contributed by atoms with van der Waals surface area (Å²) in [5, 5.41) is 19.8. The number of amides is 3. The number of carbonyl (C=O) groups excluding carboxylic acids is 3. The van der Waals surface area contributed by atoms with Gasteiger partial charge in [-0.15, -0.1) is 0 Å². The molecule has 3 heterocycles. The molecule has 1 saturated heterocycles. The van der Waals surface area contributed by atoms with E-state index in [0.717, 1.165) is 78.8 Å². The molecule has 1 aliphatic carbocycles. The summed E-state index contributed by atoms with van der Waals surface area (Å²) in [7, 11) is -2.22. The topological polar surface area (TPSA) is 142 Å². The van der Waals surface area contributed by atoms with Crippen molar-refractivity contribution in [2.75, 3.05) is 63.1 Å². The van der Waals surface area contributed by atoms with Gasteiger partial charge in [0.1, 0.15) is 17.5 Å². The summed E-state index contributed by atoms with van der Waals surface area (Å²) in [6.45, 7) is 16.3. The first kappa shape index (κ1) is 43.4. The van der Waals surface area contributed by atoms with Crippen molar-refractivity contribution in [2.45, 2.75) is 76.8 Å². The van der Waals surface area contributed by atoms with E-state index in [9.17, 15) is 19.5 Å². The molecule has 8 rings (SSSR count). The van der Waals surface area contributed by atoms with E-state index in [0.29, 0.717) is 43.8 Å². The summed E-state index contributed by atoms with van der Waals surface area (Å²) >= 11 is 0. The van der Waals surface area contributed by atoms with Crippen LogP contribution in [0.1, 0.15) is 66.8 Å². The molecule has 0 aromatic heterocycles. The molecule has 0 bridgehead atoms. The number of ether oxygens (including phenoxy) is 2. The fourth-order valence-electron chi connectivity index (χ4n) is 9.24. The maximum absolute atomic E-state index is 13.7. The van der Waals surface area contributed by atoms with Gasteiger partial charge >= 0.3 is 6.09 Å². The third-order valence-electron chi connectivity index (χ3n) is 13.6. The average molecular weight is 860 g/mol. The lowest BCUT2D eigenvalue weighted by atomic mass is 9.95. The number of hydrogen-bond donors (Lipinski definition) is 4. The zero-order chi connectivity index (χ0) is 43.6. The van der Waals surface area contributed by atoms with Crippen molar-refractivity contribution in [3.05, 3.63) is 107 Å². The zero-order valence-electron chi connectivity index (χ0n) is 36.7. The normalized spacial score (nSPS) is 20.5. The lowest BCUT2D eigenvalue weighted by Gasteiger charge is -2.40. The first-order chi connectivity index (χ1) is 29.7. The third-order valence-corrected chi connectivity index (χ3v) is 18.1. The van der Waals surface area contributed by atoms with Gasteiger partial charge in [0, 0.05) is 56.0 Å². The molecule has 4 aliphatic rings. The Morgan fingerprint density at radius 2 is 1.69 bits per heavy atom. The summed E-state index contributed by atoms with van der Waals surface area (Å²) in [6.07, 6.45) is 2.50. The van der Waals surface area contributed by atoms with E-state index in [1.807, 2.05) is 71.6 Å². The Kier molecular flexibility index (Phi) is 12.8. The molecule has 1 unspecified atom stereocenters. The Morgan fingerprint density at radius 1 is 0.952 bits per heavy atom. The molecule has 3 aliphatic heterocycles. The fraction of sp³-hybridized carbons (Fsp3) is 0.449. The van der Waals surface area contributed by atoms with Gasteiger partial charge in [0.15, 0.2) is 20.7 Å². The molecule has 0 spiro atoms. The van der Waals surface area contributed by atoms with Gasteiger partial charge in [-0.1, -0.05) is 81.4 Å². The zero-order valence-corrected chi connectivity index (χ0v) is 37.7. The number of nitrogens with zero attached hydrogens (tertiary/aromatic N) is 2. The van der Waals surface area contributed by atoms with E-state index in [1.54, 1.807) is 6.07 Å². The number of likely N-dealkylation sites (tertiary alicyclic amines) is 1. The summed E-state index contributed by atoms with van der Waals surface area (Å²) in [6, 6.07) is 27.5. The molecule has 2 fully saturated rings. The monoisotopic (exact) mass is 859 g/mol. The summed E-state index contributed by atoms with van der Waals surface area (Å²) in [5.74, 6) is 1.19. The van der Waals surface area contributed by atoms with E-state index in [2.05, 4.69) is 66.8 Å². The number of para-hydroxylation sites is 1. The third kappa shape index (κ3) is 9.71.